The molecule has 0 atom stereocenters. The molecule has 0 spiro atoms. The molecular weight excluding hydrogens is 250 g/mol. The van der Waals surface area contributed by atoms with E-state index in [0.717, 1.165) is 25.7 Å². The average molecular weight is 275 g/mol. The third kappa shape index (κ3) is 3.23. The van der Waals surface area contributed by atoms with E-state index in [9.17, 15) is 8.42 Å². The molecule has 5 nitrogen and oxygen atoms in total. The van der Waals surface area contributed by atoms with Crippen LogP contribution in [0.4, 0.5) is 0 Å². The zero-order valence-corrected chi connectivity index (χ0v) is 12.2. The van der Waals surface area contributed by atoms with Gasteiger partial charge in [0, 0.05) is 18.6 Å². The van der Waals surface area contributed by atoms with Gasteiger partial charge >= 0.3 is 0 Å². The fourth-order valence-corrected chi connectivity index (χ4v) is 4.32. The lowest BCUT2D eigenvalue weighted by atomic mass is 9.99. The van der Waals surface area contributed by atoms with Crippen molar-refractivity contribution in [3.05, 3.63) is 0 Å². The molecule has 106 valence electrons. The molecule has 0 aromatic rings. The van der Waals surface area contributed by atoms with Crippen LogP contribution in [0.3, 0.4) is 0 Å². The van der Waals surface area contributed by atoms with Crippen molar-refractivity contribution in [1.82, 2.24) is 9.03 Å². The largest absolute Gasteiger partial charge is 0.330 e. The summed E-state index contributed by atoms with van der Waals surface area (Å²) in [5.41, 5.74) is 5.31. The van der Waals surface area contributed by atoms with Crippen molar-refractivity contribution in [3.8, 4) is 0 Å². The highest BCUT2D eigenvalue weighted by Gasteiger charge is 2.42. The second kappa shape index (κ2) is 5.07. The fourth-order valence-electron chi connectivity index (χ4n) is 2.67. The summed E-state index contributed by atoms with van der Waals surface area (Å²) in [5, 5.41) is 0. The molecule has 1 saturated heterocycles. The molecule has 1 saturated carbocycles. The monoisotopic (exact) mass is 275 g/mol. The molecule has 2 fully saturated rings. The zero-order chi connectivity index (χ0) is 13.4. The molecule has 0 aromatic carbocycles. The first kappa shape index (κ1) is 14.2. The highest BCUT2D eigenvalue weighted by atomic mass is 32.2. The fraction of sp³-hybridized carbons (Fsp3) is 1.00. The highest BCUT2D eigenvalue weighted by Crippen LogP contribution is 2.39. The Balaban J connectivity index is 1.95. The lowest BCUT2D eigenvalue weighted by Gasteiger charge is -2.34. The van der Waals surface area contributed by atoms with E-state index in [1.54, 1.807) is 4.31 Å². The normalized spacial score (nSPS) is 24.4. The van der Waals surface area contributed by atoms with E-state index >= 15 is 0 Å². The minimum atomic E-state index is -3.34. The van der Waals surface area contributed by atoms with Crippen LogP contribution in [-0.4, -0.2) is 37.9 Å². The first-order valence-corrected chi connectivity index (χ1v) is 8.28. The Labute approximate surface area is 110 Å². The predicted octanol–water partition coefficient (Wildman–Crippen LogP) is 0.680. The van der Waals surface area contributed by atoms with Crippen molar-refractivity contribution >= 4 is 10.2 Å². The van der Waals surface area contributed by atoms with Gasteiger partial charge in [-0.25, -0.2) is 0 Å². The Kier molecular flexibility index (Phi) is 4.02. The number of nitrogens with zero attached hydrogens (tertiary/aromatic N) is 1. The Morgan fingerprint density at radius 1 is 1.22 bits per heavy atom. The second-order valence-electron chi connectivity index (χ2n) is 6.18. The summed E-state index contributed by atoms with van der Waals surface area (Å²) in [6, 6.07) is 0. The first-order chi connectivity index (χ1) is 8.35. The van der Waals surface area contributed by atoms with Crippen molar-refractivity contribution in [1.29, 1.82) is 0 Å². The van der Waals surface area contributed by atoms with Crippen LogP contribution in [0.25, 0.3) is 0 Å². The minimum Gasteiger partial charge on any atom is -0.330 e. The lowest BCUT2D eigenvalue weighted by Crippen LogP contribution is -2.53. The van der Waals surface area contributed by atoms with E-state index < -0.39 is 10.2 Å². The van der Waals surface area contributed by atoms with Gasteiger partial charge < -0.3 is 5.73 Å². The van der Waals surface area contributed by atoms with Crippen molar-refractivity contribution in [2.45, 2.75) is 45.1 Å². The van der Waals surface area contributed by atoms with Crippen LogP contribution in [-0.2, 0) is 10.2 Å². The van der Waals surface area contributed by atoms with Gasteiger partial charge in [-0.3, -0.25) is 0 Å². The summed E-state index contributed by atoms with van der Waals surface area (Å²) in [5.74, 6) is 0.974. The smallest absolute Gasteiger partial charge is 0.279 e. The number of rotatable bonds is 5. The van der Waals surface area contributed by atoms with Crippen LogP contribution in [0.1, 0.15) is 39.5 Å². The van der Waals surface area contributed by atoms with Crippen LogP contribution in [0.5, 0.6) is 0 Å². The molecule has 1 heterocycles. The summed E-state index contributed by atoms with van der Waals surface area (Å²) >= 11 is 0. The molecule has 18 heavy (non-hydrogen) atoms. The number of hydrogen-bond donors (Lipinski definition) is 2. The lowest BCUT2D eigenvalue weighted by molar-refractivity contribution is 0.268. The van der Waals surface area contributed by atoms with Crippen molar-refractivity contribution < 1.29 is 8.42 Å². The molecule has 2 aliphatic rings. The van der Waals surface area contributed by atoms with Gasteiger partial charge in [-0.2, -0.15) is 17.4 Å². The maximum Gasteiger partial charge on any atom is 0.279 e. The van der Waals surface area contributed by atoms with Crippen molar-refractivity contribution in [2.24, 2.45) is 17.6 Å². The maximum absolute atomic E-state index is 12.3. The Bertz CT molecular complexity index is 382. The van der Waals surface area contributed by atoms with Crippen molar-refractivity contribution in [3.63, 3.8) is 0 Å². The standard InChI is InChI=1S/C12H25N3O2S/c1-12(2,11-3-4-11)14-18(16,17)15-7-5-10(9-13)6-8-15/h10-11,14H,3-9,13H2,1-2H3. The number of hydrogen-bond acceptors (Lipinski definition) is 3. The molecule has 2 rings (SSSR count). The molecule has 0 aromatic heterocycles. The van der Waals surface area contributed by atoms with E-state index in [0.29, 0.717) is 31.5 Å². The van der Waals surface area contributed by atoms with Gasteiger partial charge in [-0.05, 0) is 57.9 Å². The number of piperidine rings is 1. The topological polar surface area (TPSA) is 75.4 Å². The average Bonchev–Trinajstić information content (AvgIpc) is 3.12. The summed E-state index contributed by atoms with van der Waals surface area (Å²) in [6.45, 7) is 5.81. The predicted molar refractivity (Wildman–Crippen MR) is 72.2 cm³/mol. The van der Waals surface area contributed by atoms with E-state index in [2.05, 4.69) is 4.72 Å². The molecule has 6 heteroatoms. The molecule has 1 aliphatic heterocycles. The summed E-state index contributed by atoms with van der Waals surface area (Å²) in [7, 11) is -3.34. The Morgan fingerprint density at radius 2 is 1.78 bits per heavy atom. The second-order valence-corrected chi connectivity index (χ2v) is 7.85. The first-order valence-electron chi connectivity index (χ1n) is 6.84. The molecule has 1 aliphatic carbocycles. The SMILES string of the molecule is CC(C)(NS(=O)(=O)N1CCC(CN)CC1)C1CC1. The summed E-state index contributed by atoms with van der Waals surface area (Å²) in [6.07, 6.45) is 4.01. The van der Waals surface area contributed by atoms with Crippen LogP contribution >= 0.6 is 0 Å². The van der Waals surface area contributed by atoms with Gasteiger partial charge in [0.2, 0.25) is 0 Å². The van der Waals surface area contributed by atoms with Gasteiger partial charge in [0.1, 0.15) is 0 Å². The van der Waals surface area contributed by atoms with E-state index in [-0.39, 0.29) is 5.54 Å². The van der Waals surface area contributed by atoms with E-state index in [4.69, 9.17) is 5.73 Å². The van der Waals surface area contributed by atoms with E-state index in [1.165, 1.54) is 0 Å². The number of nitrogens with two attached hydrogens (primary N) is 1. The Morgan fingerprint density at radius 3 is 2.22 bits per heavy atom. The van der Waals surface area contributed by atoms with Gasteiger partial charge in [0.15, 0.2) is 0 Å². The molecule has 0 bridgehead atoms. The van der Waals surface area contributed by atoms with Crippen LogP contribution in [0.15, 0.2) is 0 Å². The minimum absolute atomic E-state index is 0.316. The molecular formula is C12H25N3O2S. The molecule has 3 N–H and O–H groups in total. The molecule has 0 unspecified atom stereocenters. The van der Waals surface area contributed by atoms with Crippen LogP contribution in [0.2, 0.25) is 0 Å². The quantitative estimate of drug-likeness (QED) is 0.775. The van der Waals surface area contributed by atoms with Gasteiger partial charge in [-0.1, -0.05) is 0 Å². The number of nitrogens with one attached hydrogen (secondary N) is 1. The van der Waals surface area contributed by atoms with Crippen LogP contribution < -0.4 is 10.5 Å². The molecule has 0 radical (unpaired) electrons. The van der Waals surface area contributed by atoms with Gasteiger partial charge in [0.05, 0.1) is 0 Å². The highest BCUT2D eigenvalue weighted by molar-refractivity contribution is 7.87. The third-order valence-corrected chi connectivity index (χ3v) is 6.07. The Hall–Kier alpha value is -0.170. The van der Waals surface area contributed by atoms with Crippen LogP contribution in [0, 0.1) is 11.8 Å². The summed E-state index contributed by atoms with van der Waals surface area (Å²) in [4.78, 5) is 0. The third-order valence-electron chi connectivity index (χ3n) is 4.24. The molecule has 0 amide bonds. The van der Waals surface area contributed by atoms with Gasteiger partial charge in [-0.15, -0.1) is 0 Å². The van der Waals surface area contributed by atoms with E-state index in [1.807, 2.05) is 13.8 Å². The van der Waals surface area contributed by atoms with Gasteiger partial charge in [0.25, 0.3) is 10.2 Å². The van der Waals surface area contributed by atoms with Crippen molar-refractivity contribution in [2.75, 3.05) is 19.6 Å². The summed E-state index contributed by atoms with van der Waals surface area (Å²) < 4.78 is 29.1. The zero-order valence-electron chi connectivity index (χ0n) is 11.4. The maximum atomic E-state index is 12.3.